The van der Waals surface area contributed by atoms with Crippen LogP contribution in [0.2, 0.25) is 0 Å². The number of methoxy groups -OCH3 is 1. The van der Waals surface area contributed by atoms with Crippen molar-refractivity contribution in [3.8, 4) is 5.75 Å². The molecule has 1 amide bonds. The Morgan fingerprint density at radius 3 is 2.56 bits per heavy atom. The van der Waals surface area contributed by atoms with Crippen molar-refractivity contribution >= 4 is 34.6 Å². The van der Waals surface area contributed by atoms with Gasteiger partial charge in [0.25, 0.3) is 6.43 Å². The number of rotatable bonds is 12. The van der Waals surface area contributed by atoms with Crippen LogP contribution < -0.4 is 30.5 Å². The number of ether oxygens (including phenoxy) is 1. The summed E-state index contributed by atoms with van der Waals surface area (Å²) in [5.74, 6) is 0.0868. The van der Waals surface area contributed by atoms with Gasteiger partial charge in [0.1, 0.15) is 5.75 Å². The van der Waals surface area contributed by atoms with Crippen LogP contribution in [0, 0.1) is 5.41 Å². The molecule has 2 aromatic rings. The minimum absolute atomic E-state index is 0.0246. The number of nitrogens with zero attached hydrogens (tertiary/aromatic N) is 3. The topological polar surface area (TPSA) is 96.0 Å². The third-order valence-corrected chi connectivity index (χ3v) is 6.73. The van der Waals surface area contributed by atoms with Gasteiger partial charge in [-0.15, -0.1) is 0 Å². The molecule has 1 heterocycles. The van der Waals surface area contributed by atoms with Gasteiger partial charge in [0.15, 0.2) is 5.96 Å². The molecule has 11 heteroatoms. The van der Waals surface area contributed by atoms with Gasteiger partial charge in [-0.25, -0.2) is 8.78 Å². The first kappa shape index (κ1) is 29.7. The van der Waals surface area contributed by atoms with E-state index in [0.29, 0.717) is 30.1 Å². The predicted molar refractivity (Wildman–Crippen MR) is 155 cm³/mol. The number of carbonyl (C=O) groups excluding carboxylic acids is 1. The van der Waals surface area contributed by atoms with Crippen LogP contribution in [-0.4, -0.2) is 83.2 Å². The molecule has 0 fully saturated rings. The molecule has 0 spiro atoms. The number of para-hydroxylation sites is 1. The molecule has 1 aliphatic rings. The maximum absolute atomic E-state index is 13.4. The smallest absolute Gasteiger partial charge is 0.255 e. The molecule has 0 aliphatic carbocycles. The third-order valence-electron chi connectivity index (χ3n) is 6.73. The number of nitrogens with one attached hydrogen (secondary N) is 4. The monoisotopic (exact) mass is 543 g/mol. The number of benzene rings is 2. The molecule has 2 aromatic carbocycles. The molecule has 39 heavy (non-hydrogen) atoms. The van der Waals surface area contributed by atoms with Crippen molar-refractivity contribution < 1.29 is 18.3 Å². The summed E-state index contributed by atoms with van der Waals surface area (Å²) in [7, 11) is 7.42. The quantitative estimate of drug-likeness (QED) is 0.184. The van der Waals surface area contributed by atoms with Gasteiger partial charge >= 0.3 is 0 Å². The zero-order valence-electron chi connectivity index (χ0n) is 23.2. The van der Waals surface area contributed by atoms with E-state index >= 15 is 0 Å². The Labute approximate surface area is 229 Å². The van der Waals surface area contributed by atoms with Crippen molar-refractivity contribution in [2.45, 2.75) is 31.9 Å². The number of guanidine groups is 1. The number of fused-ring (bicyclic) bond motifs is 1. The first-order chi connectivity index (χ1) is 18.5. The Balaban J connectivity index is 1.80. The summed E-state index contributed by atoms with van der Waals surface area (Å²) < 4.78 is 32.4. The largest absolute Gasteiger partial charge is 0.494 e. The molecule has 0 saturated heterocycles. The van der Waals surface area contributed by atoms with E-state index in [4.69, 9.17) is 10.1 Å². The van der Waals surface area contributed by atoms with E-state index in [1.54, 1.807) is 17.0 Å². The molecule has 0 saturated carbocycles. The zero-order valence-corrected chi connectivity index (χ0v) is 23.2. The fraction of sp³-hybridized carbons (Fsp3) is 0.429. The van der Waals surface area contributed by atoms with E-state index in [9.17, 15) is 13.6 Å². The minimum Gasteiger partial charge on any atom is -0.494 e. The van der Waals surface area contributed by atoms with Crippen LogP contribution >= 0.6 is 0 Å². The van der Waals surface area contributed by atoms with Crippen molar-refractivity contribution in [2.24, 2.45) is 0 Å². The van der Waals surface area contributed by atoms with Crippen LogP contribution in [0.3, 0.4) is 0 Å². The van der Waals surface area contributed by atoms with E-state index in [1.807, 2.05) is 57.2 Å². The molecular formula is C28H39F2N7O2. The van der Waals surface area contributed by atoms with E-state index in [0.717, 1.165) is 23.5 Å². The van der Waals surface area contributed by atoms with Crippen LogP contribution in [-0.2, 0) is 11.2 Å². The van der Waals surface area contributed by atoms with Crippen LogP contribution in [0.5, 0.6) is 5.75 Å². The Morgan fingerprint density at radius 2 is 1.92 bits per heavy atom. The molecule has 212 valence electrons. The molecule has 9 nitrogen and oxygen atoms in total. The lowest BCUT2D eigenvalue weighted by molar-refractivity contribution is -0.111. The Kier molecular flexibility index (Phi) is 10.1. The molecular weight excluding hydrogens is 504 g/mol. The van der Waals surface area contributed by atoms with Gasteiger partial charge in [0.05, 0.1) is 36.8 Å². The molecule has 0 bridgehead atoms. The highest BCUT2D eigenvalue weighted by Crippen LogP contribution is 2.37. The maximum Gasteiger partial charge on any atom is 0.255 e. The van der Waals surface area contributed by atoms with Crippen LogP contribution in [0.1, 0.15) is 12.5 Å². The number of carbonyl (C=O) groups is 1. The van der Waals surface area contributed by atoms with Crippen molar-refractivity contribution in [3.63, 3.8) is 0 Å². The zero-order chi connectivity index (χ0) is 28.7. The van der Waals surface area contributed by atoms with Gasteiger partial charge in [-0.1, -0.05) is 24.8 Å². The van der Waals surface area contributed by atoms with Gasteiger partial charge in [-0.3, -0.25) is 10.2 Å². The van der Waals surface area contributed by atoms with Gasteiger partial charge in [0, 0.05) is 37.9 Å². The molecule has 1 aliphatic heterocycles. The van der Waals surface area contributed by atoms with Gasteiger partial charge in [-0.2, -0.15) is 0 Å². The highest BCUT2D eigenvalue weighted by molar-refractivity contribution is 6.03. The van der Waals surface area contributed by atoms with Gasteiger partial charge in [0.2, 0.25) is 5.91 Å². The lowest BCUT2D eigenvalue weighted by atomic mass is 10.0. The maximum atomic E-state index is 13.4. The van der Waals surface area contributed by atoms with Gasteiger partial charge in [-0.05, 0) is 51.2 Å². The van der Waals surface area contributed by atoms with E-state index in [2.05, 4.69) is 27.4 Å². The summed E-state index contributed by atoms with van der Waals surface area (Å²) in [6, 6.07) is 10.5. The first-order valence-corrected chi connectivity index (χ1v) is 12.8. The number of alkyl halides is 2. The van der Waals surface area contributed by atoms with Crippen molar-refractivity contribution in [2.75, 3.05) is 68.3 Å². The summed E-state index contributed by atoms with van der Waals surface area (Å²) in [6.45, 7) is 6.54. The van der Waals surface area contributed by atoms with Crippen LogP contribution in [0.15, 0.2) is 49.1 Å². The molecule has 4 N–H and O–H groups in total. The van der Waals surface area contributed by atoms with Crippen molar-refractivity contribution in [1.29, 1.82) is 5.41 Å². The average molecular weight is 544 g/mol. The summed E-state index contributed by atoms with van der Waals surface area (Å²) in [5.41, 5.74) is 3.54. The Morgan fingerprint density at radius 1 is 1.21 bits per heavy atom. The predicted octanol–water partition coefficient (Wildman–Crippen LogP) is 3.84. The lowest BCUT2D eigenvalue weighted by Crippen LogP contribution is -2.51. The second kappa shape index (κ2) is 13.3. The summed E-state index contributed by atoms with van der Waals surface area (Å²) in [4.78, 5) is 18.0. The highest BCUT2D eigenvalue weighted by atomic mass is 19.3. The molecule has 0 aromatic heterocycles. The normalized spacial score (nSPS) is 15.1. The molecule has 3 rings (SSSR count). The second-order valence-electron chi connectivity index (χ2n) is 9.86. The summed E-state index contributed by atoms with van der Waals surface area (Å²) in [6.07, 6.45) is -0.692. The lowest BCUT2D eigenvalue weighted by Gasteiger charge is -2.32. The number of anilines is 4. The standard InChI is InChI=1S/C28H39F2N7O2/c1-7-27(38)33-20-15-21(25(39-6)16-24(20)36(5)13-12-35(3)4)34-28(31)32-18(2)23-14-19-10-8-9-11-22(19)37(23)17-26(29)30/h7-11,15-16,18,23,26H,1,12-14,17H2,2-6H3,(H,33,38)(H3,31,32,34)/t18?,23-/m0/s1. The fourth-order valence-corrected chi connectivity index (χ4v) is 4.71. The van der Waals surface area contributed by atoms with E-state index in [-0.39, 0.29) is 30.5 Å². The number of halogens is 2. The van der Waals surface area contributed by atoms with Crippen molar-refractivity contribution in [3.05, 3.63) is 54.6 Å². The van der Waals surface area contributed by atoms with E-state index in [1.165, 1.54) is 13.2 Å². The van der Waals surface area contributed by atoms with Crippen LogP contribution in [0.4, 0.5) is 31.5 Å². The number of amides is 1. The fourth-order valence-electron chi connectivity index (χ4n) is 4.71. The third kappa shape index (κ3) is 7.60. The number of hydrogen-bond acceptors (Lipinski definition) is 6. The second-order valence-corrected chi connectivity index (χ2v) is 9.86. The van der Waals surface area contributed by atoms with Gasteiger partial charge < -0.3 is 35.4 Å². The Hall–Kier alpha value is -3.86. The number of hydrogen-bond donors (Lipinski definition) is 4. The number of likely N-dealkylation sites (N-methyl/N-ethyl adjacent to an activating group) is 2. The molecule has 1 unspecified atom stereocenters. The summed E-state index contributed by atoms with van der Waals surface area (Å²) >= 11 is 0. The highest BCUT2D eigenvalue weighted by Gasteiger charge is 2.34. The Bertz CT molecular complexity index is 1170. The average Bonchev–Trinajstić information content (AvgIpc) is 3.25. The molecule has 0 radical (unpaired) electrons. The molecule has 2 atom stereocenters. The van der Waals surface area contributed by atoms with Crippen LogP contribution in [0.25, 0.3) is 0 Å². The SMILES string of the molecule is C=CC(=O)Nc1cc(NC(=N)NC(C)[C@@H]2Cc3ccccc3N2CC(F)F)c(OC)cc1N(C)CCN(C)C. The summed E-state index contributed by atoms with van der Waals surface area (Å²) in [5, 5.41) is 17.6. The minimum atomic E-state index is -2.48. The van der Waals surface area contributed by atoms with Crippen molar-refractivity contribution in [1.82, 2.24) is 10.2 Å². The van der Waals surface area contributed by atoms with E-state index < -0.39 is 6.43 Å². The first-order valence-electron chi connectivity index (χ1n) is 12.8.